The van der Waals surface area contributed by atoms with E-state index in [1.54, 1.807) is 0 Å². The summed E-state index contributed by atoms with van der Waals surface area (Å²) >= 11 is 0. The van der Waals surface area contributed by atoms with Gasteiger partial charge in [0, 0.05) is 18.1 Å². The normalized spacial score (nSPS) is 19.1. The molecular formula is C12H27NO4. The zero-order valence-corrected chi connectivity index (χ0v) is 11.6. The molecule has 0 spiro atoms. The van der Waals surface area contributed by atoms with Crippen LogP contribution >= 0.6 is 0 Å². The highest BCUT2D eigenvalue weighted by molar-refractivity contribution is 4.83. The van der Waals surface area contributed by atoms with Crippen LogP contribution in [0.15, 0.2) is 0 Å². The van der Waals surface area contributed by atoms with Gasteiger partial charge in [-0.05, 0) is 27.2 Å². The summed E-state index contributed by atoms with van der Waals surface area (Å²) < 4.78 is 0. The average Bonchev–Trinajstić information content (AvgIpc) is 2.34. The highest BCUT2D eigenvalue weighted by Crippen LogP contribution is 2.17. The van der Waals surface area contributed by atoms with Gasteiger partial charge in [0.15, 0.2) is 0 Å². The van der Waals surface area contributed by atoms with E-state index < -0.39 is 0 Å². The molecule has 4 unspecified atom stereocenters. The van der Waals surface area contributed by atoms with Gasteiger partial charge in [0.1, 0.15) is 6.10 Å². The largest absolute Gasteiger partial charge is 0.395 e. The fraction of sp³-hybridized carbons (Fsp3) is 1.00. The van der Waals surface area contributed by atoms with Gasteiger partial charge in [0.25, 0.3) is 0 Å². The van der Waals surface area contributed by atoms with Crippen molar-refractivity contribution in [3.8, 4) is 0 Å². The van der Waals surface area contributed by atoms with Crippen LogP contribution in [-0.2, 0) is 9.78 Å². The molecule has 0 rings (SSSR count). The van der Waals surface area contributed by atoms with Crippen LogP contribution in [0.25, 0.3) is 0 Å². The Balaban J connectivity index is 4.76. The quantitative estimate of drug-likeness (QED) is 0.467. The summed E-state index contributed by atoms with van der Waals surface area (Å²) in [6.45, 7) is 8.01. The number of hydrogen-bond acceptors (Lipinski definition) is 5. The summed E-state index contributed by atoms with van der Waals surface area (Å²) in [7, 11) is 1.48. The molecule has 0 aromatic rings. The molecule has 5 heteroatoms. The summed E-state index contributed by atoms with van der Waals surface area (Å²) in [5.41, 5.74) is 0. The molecule has 2 N–H and O–H groups in total. The van der Waals surface area contributed by atoms with Crippen molar-refractivity contribution in [3.05, 3.63) is 0 Å². The Bertz CT molecular complexity index is 187. The molecular weight excluding hydrogens is 222 g/mol. The standard InChI is InChI=1S/C12H27NO4/c1-6-12(8-15)13(9(2)7-14)10(3)11(4)17-16-5/h9-12,14-15H,6-8H2,1-5H3. The molecule has 0 bridgehead atoms. The van der Waals surface area contributed by atoms with Gasteiger partial charge in [-0.25, -0.2) is 9.78 Å². The van der Waals surface area contributed by atoms with E-state index in [0.717, 1.165) is 6.42 Å². The second-order valence-corrected chi connectivity index (χ2v) is 4.43. The molecule has 0 aromatic carbocycles. The van der Waals surface area contributed by atoms with E-state index in [2.05, 4.69) is 9.79 Å². The zero-order valence-electron chi connectivity index (χ0n) is 11.6. The lowest BCUT2D eigenvalue weighted by atomic mass is 10.0. The number of hydrogen-bond donors (Lipinski definition) is 2. The summed E-state index contributed by atoms with van der Waals surface area (Å²) in [5, 5.41) is 18.7. The Morgan fingerprint density at radius 1 is 1.12 bits per heavy atom. The molecule has 0 aliphatic heterocycles. The van der Waals surface area contributed by atoms with Crippen molar-refractivity contribution in [2.24, 2.45) is 0 Å². The van der Waals surface area contributed by atoms with Crippen molar-refractivity contribution in [2.45, 2.75) is 58.3 Å². The molecule has 17 heavy (non-hydrogen) atoms. The summed E-state index contributed by atoms with van der Waals surface area (Å²) in [4.78, 5) is 11.9. The maximum atomic E-state index is 9.41. The first-order valence-electron chi connectivity index (χ1n) is 6.21. The molecule has 0 aliphatic carbocycles. The highest BCUT2D eigenvalue weighted by atomic mass is 17.2. The SMILES string of the molecule is CCC(CO)N(C(C)CO)C(C)C(C)OOC. The molecule has 4 atom stereocenters. The maximum absolute atomic E-state index is 9.41. The van der Waals surface area contributed by atoms with Gasteiger partial charge in [0.05, 0.1) is 20.3 Å². The molecule has 0 saturated carbocycles. The van der Waals surface area contributed by atoms with Gasteiger partial charge < -0.3 is 10.2 Å². The van der Waals surface area contributed by atoms with Crippen molar-refractivity contribution in [1.82, 2.24) is 4.90 Å². The fourth-order valence-corrected chi connectivity index (χ4v) is 2.10. The lowest BCUT2D eigenvalue weighted by molar-refractivity contribution is -0.312. The van der Waals surface area contributed by atoms with Crippen LogP contribution in [0.4, 0.5) is 0 Å². The second-order valence-electron chi connectivity index (χ2n) is 4.43. The number of aliphatic hydroxyl groups excluding tert-OH is 2. The van der Waals surface area contributed by atoms with Crippen molar-refractivity contribution >= 4 is 0 Å². The lowest BCUT2D eigenvalue weighted by Crippen LogP contribution is -2.54. The number of rotatable bonds is 9. The van der Waals surface area contributed by atoms with Crippen LogP contribution in [-0.4, -0.2) is 59.7 Å². The van der Waals surface area contributed by atoms with E-state index in [0.29, 0.717) is 0 Å². The first-order valence-corrected chi connectivity index (χ1v) is 6.21. The first-order chi connectivity index (χ1) is 8.03. The molecule has 0 fully saturated rings. The minimum atomic E-state index is -0.130. The molecule has 0 heterocycles. The molecule has 0 radical (unpaired) electrons. The van der Waals surface area contributed by atoms with Gasteiger partial charge in [-0.1, -0.05) is 6.92 Å². The van der Waals surface area contributed by atoms with E-state index in [9.17, 15) is 10.2 Å². The van der Waals surface area contributed by atoms with E-state index in [1.165, 1.54) is 7.11 Å². The third-order valence-corrected chi connectivity index (χ3v) is 3.27. The van der Waals surface area contributed by atoms with Gasteiger partial charge in [-0.15, -0.1) is 0 Å². The van der Waals surface area contributed by atoms with Crippen LogP contribution in [0, 0.1) is 0 Å². The first kappa shape index (κ1) is 16.8. The molecule has 0 amide bonds. The minimum Gasteiger partial charge on any atom is -0.395 e. The molecule has 0 aromatic heterocycles. The van der Waals surface area contributed by atoms with E-state index in [4.69, 9.17) is 4.89 Å². The summed E-state index contributed by atoms with van der Waals surface area (Å²) in [6, 6.07) is 0.0502. The fourth-order valence-electron chi connectivity index (χ4n) is 2.10. The van der Waals surface area contributed by atoms with E-state index >= 15 is 0 Å². The van der Waals surface area contributed by atoms with Crippen molar-refractivity contribution in [2.75, 3.05) is 20.3 Å². The van der Waals surface area contributed by atoms with Crippen molar-refractivity contribution in [1.29, 1.82) is 0 Å². The monoisotopic (exact) mass is 249 g/mol. The number of nitrogens with zero attached hydrogens (tertiary/aromatic N) is 1. The minimum absolute atomic E-state index is 0.0231. The van der Waals surface area contributed by atoms with Gasteiger partial charge >= 0.3 is 0 Å². The Hall–Kier alpha value is -0.200. The van der Waals surface area contributed by atoms with Crippen LogP contribution in [0.1, 0.15) is 34.1 Å². The molecule has 0 saturated heterocycles. The van der Waals surface area contributed by atoms with Gasteiger partial charge in [-0.2, -0.15) is 0 Å². The average molecular weight is 249 g/mol. The predicted molar refractivity (Wildman–Crippen MR) is 66.6 cm³/mol. The summed E-state index contributed by atoms with van der Waals surface area (Å²) in [6.07, 6.45) is 0.694. The predicted octanol–water partition coefficient (Wildman–Crippen LogP) is 0.795. The van der Waals surface area contributed by atoms with Gasteiger partial charge in [-0.3, -0.25) is 4.90 Å². The van der Waals surface area contributed by atoms with Crippen molar-refractivity contribution < 1.29 is 20.0 Å². The highest BCUT2D eigenvalue weighted by Gasteiger charge is 2.30. The molecule has 104 valence electrons. The van der Waals surface area contributed by atoms with E-state index in [1.807, 2.05) is 27.7 Å². The van der Waals surface area contributed by atoms with Crippen LogP contribution in [0.3, 0.4) is 0 Å². The topological polar surface area (TPSA) is 62.2 Å². The summed E-state index contributed by atoms with van der Waals surface area (Å²) in [5.74, 6) is 0. The van der Waals surface area contributed by atoms with E-state index in [-0.39, 0.29) is 37.4 Å². The number of aliphatic hydroxyl groups is 2. The maximum Gasteiger partial charge on any atom is 0.105 e. The van der Waals surface area contributed by atoms with Gasteiger partial charge in [0.2, 0.25) is 0 Å². The third kappa shape index (κ3) is 4.89. The Kier molecular flexibility index (Phi) is 8.72. The van der Waals surface area contributed by atoms with Crippen LogP contribution in [0.2, 0.25) is 0 Å². The third-order valence-electron chi connectivity index (χ3n) is 3.27. The Labute approximate surface area is 104 Å². The lowest BCUT2D eigenvalue weighted by Gasteiger charge is -2.40. The Morgan fingerprint density at radius 2 is 1.71 bits per heavy atom. The smallest absolute Gasteiger partial charge is 0.105 e. The van der Waals surface area contributed by atoms with Crippen molar-refractivity contribution in [3.63, 3.8) is 0 Å². The molecule has 5 nitrogen and oxygen atoms in total. The zero-order chi connectivity index (χ0) is 13.4. The van der Waals surface area contributed by atoms with Crippen LogP contribution < -0.4 is 0 Å². The molecule has 0 aliphatic rings. The Morgan fingerprint density at radius 3 is 2.06 bits per heavy atom. The van der Waals surface area contributed by atoms with Crippen LogP contribution in [0.5, 0.6) is 0 Å². The second kappa shape index (κ2) is 8.83.